The molecular weight excluding hydrogens is 880 g/mol. The highest BCUT2D eigenvalue weighted by molar-refractivity contribution is 5.75. The molecule has 15 N–H and O–H groups in total. The SMILES string of the molecule is CO[C@@H]1OC(C(=O)O)[C@@H](O[C@@H]2O[C@@H](C(=O)O)[C@@H](O[C@@H]3OC(C(=O)O)[C@@H](O[C@@H]4O[C@@H](C(=O)O)[C@@H](O[C@@H]5OC(C(=O)O)[C@@H](OC)[C@@H](O)C5O)C(O)C4O)C(O)[C@H]3O)C(O)C2O)[C@@H](O)C1O. The Hall–Kier alpha value is -3.49. The molecule has 31 nitrogen and oxygen atoms in total. The number of aliphatic carboxylic acids is 5. The number of carboxylic acid groups (broad SMARTS) is 5. The summed E-state index contributed by atoms with van der Waals surface area (Å²) in [6.45, 7) is 0. The van der Waals surface area contributed by atoms with Gasteiger partial charge in [0.2, 0.25) is 0 Å². The molecule has 0 bridgehead atoms. The van der Waals surface area contributed by atoms with E-state index in [2.05, 4.69) is 0 Å². The molecule has 63 heavy (non-hydrogen) atoms. The number of ether oxygens (including phenoxy) is 11. The van der Waals surface area contributed by atoms with Crippen LogP contribution in [0.15, 0.2) is 0 Å². The quantitative estimate of drug-likeness (QED) is 0.0725. The van der Waals surface area contributed by atoms with E-state index < -0.39 is 183 Å². The first-order valence-electron chi connectivity index (χ1n) is 18.4. The van der Waals surface area contributed by atoms with Crippen molar-refractivity contribution in [1.29, 1.82) is 0 Å². The molecule has 0 aliphatic carbocycles. The summed E-state index contributed by atoms with van der Waals surface area (Å²) in [7, 11) is 1.98. The van der Waals surface area contributed by atoms with E-state index in [0.717, 1.165) is 14.2 Å². The summed E-state index contributed by atoms with van der Waals surface area (Å²) >= 11 is 0. The topological polar surface area (TPSA) is 490 Å². The van der Waals surface area contributed by atoms with Crippen LogP contribution in [0.2, 0.25) is 0 Å². The molecule has 0 aromatic heterocycles. The standard InChI is InChI=1S/C32H46O31/c1-53-13-3(33)9(39)29(60-18(13)23(43)44)56-15-5(35)11(41)31(62-20(15)25(47)48)58-17-7(37)12(42)32(63-22(17)27(51)52)57-16-6(36)10(40)30(61-21(16)26(49)50)55-14-4(34)8(38)28(54-2)59-19(14)24(45)46/h3-22,28-42H,1-2H3,(H,43,44)(H,45,46)(H,47,48)(H,49,50)(H,51,52)/t3-,4-,5?,6?,7?,8?,9?,10?,11?,12+,13-,14-,15-,16-,17-,18?,19?,20+,21+,22?,28+,29+,30+,31+,32+/m0/s1. The van der Waals surface area contributed by atoms with Crippen molar-refractivity contribution in [3.05, 3.63) is 0 Å². The highest BCUT2D eigenvalue weighted by atomic mass is 16.8. The van der Waals surface area contributed by atoms with Gasteiger partial charge in [0, 0.05) is 14.2 Å². The summed E-state index contributed by atoms with van der Waals surface area (Å²) < 4.78 is 56.6. The Balaban J connectivity index is 1.30. The number of rotatable bonds is 15. The van der Waals surface area contributed by atoms with E-state index in [1.807, 2.05) is 0 Å². The molecule has 5 rings (SSSR count). The van der Waals surface area contributed by atoms with Gasteiger partial charge in [0.15, 0.2) is 62.0 Å². The van der Waals surface area contributed by atoms with E-state index in [1.54, 1.807) is 0 Å². The lowest BCUT2D eigenvalue weighted by molar-refractivity contribution is -0.383. The number of hydrogen-bond donors (Lipinski definition) is 15. The van der Waals surface area contributed by atoms with Crippen LogP contribution in [0.1, 0.15) is 0 Å². The van der Waals surface area contributed by atoms with Gasteiger partial charge in [-0.25, -0.2) is 24.0 Å². The lowest BCUT2D eigenvalue weighted by Crippen LogP contribution is -2.69. The molecule has 31 heteroatoms. The van der Waals surface area contributed by atoms with Gasteiger partial charge in [0.1, 0.15) is 91.6 Å². The van der Waals surface area contributed by atoms with Gasteiger partial charge in [-0.3, -0.25) is 0 Å². The van der Waals surface area contributed by atoms with E-state index >= 15 is 0 Å². The number of carbonyl (C=O) groups is 5. The van der Waals surface area contributed by atoms with Crippen LogP contribution in [0, 0.1) is 0 Å². The molecule has 25 atom stereocenters. The first-order chi connectivity index (χ1) is 29.5. The minimum Gasteiger partial charge on any atom is -0.479 e. The van der Waals surface area contributed by atoms with E-state index in [1.165, 1.54) is 0 Å². The summed E-state index contributed by atoms with van der Waals surface area (Å²) in [6, 6.07) is 0. The van der Waals surface area contributed by atoms with Crippen molar-refractivity contribution in [2.24, 2.45) is 0 Å². The molecule has 5 aliphatic rings. The summed E-state index contributed by atoms with van der Waals surface area (Å²) in [5, 5.41) is 156. The lowest BCUT2D eigenvalue weighted by Gasteiger charge is -2.48. The maximum atomic E-state index is 12.4. The summed E-state index contributed by atoms with van der Waals surface area (Å²) in [5.41, 5.74) is 0. The number of methoxy groups -OCH3 is 2. The Labute approximate surface area is 350 Å². The lowest BCUT2D eigenvalue weighted by atomic mass is 9.95. The van der Waals surface area contributed by atoms with Crippen LogP contribution in [0.5, 0.6) is 0 Å². The second kappa shape index (κ2) is 20.4. The van der Waals surface area contributed by atoms with Crippen LogP contribution in [0.3, 0.4) is 0 Å². The monoisotopic (exact) mass is 926 g/mol. The minimum atomic E-state index is -2.54. The van der Waals surface area contributed by atoms with Crippen molar-refractivity contribution in [3.63, 3.8) is 0 Å². The Bertz CT molecular complexity index is 1630. The van der Waals surface area contributed by atoms with Gasteiger partial charge >= 0.3 is 29.8 Å². The zero-order valence-electron chi connectivity index (χ0n) is 32.2. The van der Waals surface area contributed by atoms with Gasteiger partial charge in [0.05, 0.1) is 0 Å². The van der Waals surface area contributed by atoms with Crippen molar-refractivity contribution in [2.75, 3.05) is 14.2 Å². The van der Waals surface area contributed by atoms with E-state index in [-0.39, 0.29) is 0 Å². The number of hydrogen-bond acceptors (Lipinski definition) is 26. The highest BCUT2D eigenvalue weighted by Crippen LogP contribution is 2.36. The van der Waals surface area contributed by atoms with Crippen molar-refractivity contribution in [3.8, 4) is 0 Å². The largest absolute Gasteiger partial charge is 0.479 e. The van der Waals surface area contributed by atoms with Crippen molar-refractivity contribution < 1.29 is 153 Å². The van der Waals surface area contributed by atoms with Gasteiger partial charge < -0.3 is 129 Å². The fourth-order valence-electron chi connectivity index (χ4n) is 7.31. The van der Waals surface area contributed by atoms with Crippen molar-refractivity contribution in [2.45, 2.75) is 154 Å². The van der Waals surface area contributed by atoms with Crippen molar-refractivity contribution >= 4 is 29.8 Å². The van der Waals surface area contributed by atoms with Gasteiger partial charge in [0.25, 0.3) is 0 Å². The molecule has 0 aromatic carbocycles. The van der Waals surface area contributed by atoms with Gasteiger partial charge in [-0.05, 0) is 0 Å². The summed E-state index contributed by atoms with van der Waals surface area (Å²) in [5.74, 6) is -9.56. The highest BCUT2D eigenvalue weighted by Gasteiger charge is 2.59. The predicted octanol–water partition coefficient (Wildman–Crippen LogP) is -10.2. The fourth-order valence-corrected chi connectivity index (χ4v) is 7.31. The number of carboxylic acids is 5. The Morgan fingerprint density at radius 2 is 0.492 bits per heavy atom. The maximum Gasteiger partial charge on any atom is 0.335 e. The van der Waals surface area contributed by atoms with Gasteiger partial charge in [-0.1, -0.05) is 0 Å². The van der Waals surface area contributed by atoms with E-state index in [0.29, 0.717) is 0 Å². The van der Waals surface area contributed by atoms with E-state index in [4.69, 9.17) is 52.1 Å². The summed E-state index contributed by atoms with van der Waals surface area (Å²) in [6.07, 6.45) is -56.8. The zero-order chi connectivity index (χ0) is 47.1. The van der Waals surface area contributed by atoms with Crippen molar-refractivity contribution in [1.82, 2.24) is 0 Å². The molecule has 5 aliphatic heterocycles. The molecule has 0 spiro atoms. The average Bonchev–Trinajstić information content (AvgIpc) is 3.22. The molecule has 5 heterocycles. The van der Waals surface area contributed by atoms with Crippen LogP contribution in [0.25, 0.3) is 0 Å². The van der Waals surface area contributed by atoms with Gasteiger partial charge in [-0.15, -0.1) is 0 Å². The molecule has 5 saturated heterocycles. The second-order valence-corrected chi connectivity index (χ2v) is 14.6. The first kappa shape index (κ1) is 50.5. The van der Waals surface area contributed by atoms with Crippen LogP contribution in [0.4, 0.5) is 0 Å². The van der Waals surface area contributed by atoms with Crippen LogP contribution < -0.4 is 0 Å². The van der Waals surface area contributed by atoms with Crippen LogP contribution >= 0.6 is 0 Å². The van der Waals surface area contributed by atoms with Crippen LogP contribution in [-0.4, -0.2) is 274 Å². The Morgan fingerprint density at radius 1 is 0.302 bits per heavy atom. The van der Waals surface area contributed by atoms with E-state index in [9.17, 15) is 101 Å². The normalized spacial score (nSPS) is 48.2. The third kappa shape index (κ3) is 10.0. The molecule has 360 valence electrons. The predicted molar refractivity (Wildman–Crippen MR) is 179 cm³/mol. The molecule has 0 aromatic rings. The molecule has 0 amide bonds. The second-order valence-electron chi connectivity index (χ2n) is 14.6. The molecule has 0 saturated carbocycles. The number of aliphatic hydroxyl groups excluding tert-OH is 10. The third-order valence-electron chi connectivity index (χ3n) is 10.6. The first-order valence-corrected chi connectivity index (χ1v) is 18.4. The molecule has 10 unspecified atom stereocenters. The molecule has 0 radical (unpaired) electrons. The fraction of sp³-hybridized carbons (Fsp3) is 0.844. The summed E-state index contributed by atoms with van der Waals surface area (Å²) in [4.78, 5) is 60.6. The Kier molecular flexibility index (Phi) is 16.3. The third-order valence-corrected chi connectivity index (χ3v) is 10.6. The molecular formula is C32H46O31. The number of aliphatic hydroxyl groups is 10. The smallest absolute Gasteiger partial charge is 0.335 e. The maximum absolute atomic E-state index is 12.4. The zero-order valence-corrected chi connectivity index (χ0v) is 32.2. The van der Waals surface area contributed by atoms with Gasteiger partial charge in [-0.2, -0.15) is 0 Å². The average molecular weight is 927 g/mol. The van der Waals surface area contributed by atoms with Crippen LogP contribution in [-0.2, 0) is 76.1 Å². The Morgan fingerprint density at radius 3 is 0.698 bits per heavy atom. The minimum absolute atomic E-state index is 0.976. The molecule has 5 fully saturated rings.